The fourth-order valence-corrected chi connectivity index (χ4v) is 2.75. The Kier molecular flexibility index (Phi) is 5.96. The van der Waals surface area contributed by atoms with Gasteiger partial charge in [-0.1, -0.05) is 13.8 Å². The van der Waals surface area contributed by atoms with Crippen LogP contribution in [-0.4, -0.2) is 42.5 Å². The molecule has 1 aliphatic heterocycles. The first-order valence-corrected chi connectivity index (χ1v) is 7.94. The average Bonchev–Trinajstić information content (AvgIpc) is 2.91. The number of nitrogens with zero attached hydrogens (tertiary/aromatic N) is 1. The van der Waals surface area contributed by atoms with Gasteiger partial charge in [-0.3, -0.25) is 9.59 Å². The largest absolute Gasteiger partial charge is 0.492 e. The van der Waals surface area contributed by atoms with Crippen LogP contribution in [0.5, 0.6) is 5.75 Å². The van der Waals surface area contributed by atoms with Gasteiger partial charge in [-0.25, -0.2) is 4.39 Å². The highest BCUT2D eigenvalue weighted by molar-refractivity contribution is 5.88. The third-order valence-corrected chi connectivity index (χ3v) is 3.83. The molecule has 0 saturated carbocycles. The molecule has 1 aliphatic rings. The van der Waals surface area contributed by atoms with E-state index < -0.39 is 6.04 Å². The van der Waals surface area contributed by atoms with Crippen LogP contribution < -0.4 is 10.1 Å². The third kappa shape index (κ3) is 4.68. The fraction of sp³-hybridized carbons (Fsp3) is 0.529. The van der Waals surface area contributed by atoms with Crippen LogP contribution in [0.1, 0.15) is 26.7 Å². The third-order valence-electron chi connectivity index (χ3n) is 3.83. The van der Waals surface area contributed by atoms with E-state index in [-0.39, 0.29) is 30.2 Å². The van der Waals surface area contributed by atoms with E-state index in [0.717, 1.165) is 6.42 Å². The Balaban J connectivity index is 1.80. The number of carbonyl (C=O) groups is 2. The Morgan fingerprint density at radius 1 is 1.35 bits per heavy atom. The highest BCUT2D eigenvalue weighted by Crippen LogP contribution is 2.19. The van der Waals surface area contributed by atoms with Crippen molar-refractivity contribution in [1.82, 2.24) is 10.2 Å². The summed E-state index contributed by atoms with van der Waals surface area (Å²) in [5, 5.41) is 2.81. The average molecular weight is 322 g/mol. The highest BCUT2D eigenvalue weighted by Gasteiger charge is 2.34. The Bertz CT molecular complexity index is 545. The number of amides is 2. The number of nitrogens with one attached hydrogen (secondary N) is 1. The quantitative estimate of drug-likeness (QED) is 0.781. The minimum Gasteiger partial charge on any atom is -0.492 e. The van der Waals surface area contributed by atoms with E-state index in [9.17, 15) is 14.0 Å². The number of likely N-dealkylation sites (tertiary alicyclic amines) is 1. The normalized spacial score (nSPS) is 15.8. The molecule has 0 aliphatic carbocycles. The summed E-state index contributed by atoms with van der Waals surface area (Å²) in [5.41, 5.74) is 0. The Labute approximate surface area is 135 Å². The molecule has 1 aromatic carbocycles. The van der Waals surface area contributed by atoms with Crippen molar-refractivity contribution >= 4 is 11.8 Å². The summed E-state index contributed by atoms with van der Waals surface area (Å²) >= 11 is 0. The molecule has 1 heterocycles. The lowest BCUT2D eigenvalue weighted by Gasteiger charge is -2.29. The molecule has 0 aromatic heterocycles. The van der Waals surface area contributed by atoms with Crippen LogP contribution in [0.3, 0.4) is 0 Å². The van der Waals surface area contributed by atoms with Crippen molar-refractivity contribution < 1.29 is 18.7 Å². The molecule has 1 N–H and O–H groups in total. The summed E-state index contributed by atoms with van der Waals surface area (Å²) in [4.78, 5) is 25.9. The summed E-state index contributed by atoms with van der Waals surface area (Å²) in [6.07, 6.45) is 1.33. The SMILES string of the molecule is CC(C)C(C(=O)NCCOc1ccc(F)cc1)N1CCCC1=O. The molecule has 0 spiro atoms. The van der Waals surface area contributed by atoms with Gasteiger partial charge in [0.15, 0.2) is 0 Å². The molecule has 5 nitrogen and oxygen atoms in total. The molecule has 2 rings (SSSR count). The molecule has 1 saturated heterocycles. The number of benzene rings is 1. The van der Waals surface area contributed by atoms with E-state index in [1.807, 2.05) is 13.8 Å². The van der Waals surface area contributed by atoms with Gasteiger partial charge in [-0.15, -0.1) is 0 Å². The number of rotatable bonds is 7. The van der Waals surface area contributed by atoms with Gasteiger partial charge in [0, 0.05) is 13.0 Å². The molecular weight excluding hydrogens is 299 g/mol. The van der Waals surface area contributed by atoms with E-state index in [0.29, 0.717) is 25.3 Å². The molecule has 1 unspecified atom stereocenters. The topological polar surface area (TPSA) is 58.6 Å². The van der Waals surface area contributed by atoms with Gasteiger partial charge in [-0.05, 0) is 36.6 Å². The van der Waals surface area contributed by atoms with Gasteiger partial charge in [0.25, 0.3) is 0 Å². The molecule has 23 heavy (non-hydrogen) atoms. The predicted octanol–water partition coefficient (Wildman–Crippen LogP) is 1.97. The molecule has 0 radical (unpaired) electrons. The smallest absolute Gasteiger partial charge is 0.243 e. The molecule has 1 fully saturated rings. The van der Waals surface area contributed by atoms with E-state index >= 15 is 0 Å². The van der Waals surface area contributed by atoms with Gasteiger partial charge in [-0.2, -0.15) is 0 Å². The van der Waals surface area contributed by atoms with E-state index in [4.69, 9.17) is 4.74 Å². The molecular formula is C17H23FN2O3. The Morgan fingerprint density at radius 3 is 2.61 bits per heavy atom. The maximum Gasteiger partial charge on any atom is 0.243 e. The molecule has 1 aromatic rings. The van der Waals surface area contributed by atoms with Gasteiger partial charge in [0.1, 0.15) is 24.2 Å². The zero-order valence-electron chi connectivity index (χ0n) is 13.5. The summed E-state index contributed by atoms with van der Waals surface area (Å²) in [5.74, 6) is 0.172. The van der Waals surface area contributed by atoms with Gasteiger partial charge < -0.3 is 15.0 Å². The van der Waals surface area contributed by atoms with Gasteiger partial charge in [0.05, 0.1) is 6.54 Å². The zero-order valence-corrected chi connectivity index (χ0v) is 13.5. The molecule has 0 bridgehead atoms. The summed E-state index contributed by atoms with van der Waals surface area (Å²) in [6.45, 7) is 5.13. The lowest BCUT2D eigenvalue weighted by atomic mass is 10.0. The van der Waals surface area contributed by atoms with Crippen LogP contribution >= 0.6 is 0 Å². The standard InChI is InChI=1S/C17H23FN2O3/c1-12(2)16(20-10-3-4-15(20)21)17(22)19-9-11-23-14-7-5-13(18)6-8-14/h5-8,12,16H,3-4,9-11H2,1-2H3,(H,19,22). The fourth-order valence-electron chi connectivity index (χ4n) is 2.75. The van der Waals surface area contributed by atoms with Crippen LogP contribution in [-0.2, 0) is 9.59 Å². The first-order valence-electron chi connectivity index (χ1n) is 7.94. The van der Waals surface area contributed by atoms with Crippen molar-refractivity contribution in [3.63, 3.8) is 0 Å². The van der Waals surface area contributed by atoms with Crippen molar-refractivity contribution in [3.8, 4) is 5.75 Å². The van der Waals surface area contributed by atoms with Crippen LogP contribution in [0.4, 0.5) is 4.39 Å². The lowest BCUT2D eigenvalue weighted by Crippen LogP contribution is -2.51. The minimum absolute atomic E-state index is 0.0430. The number of carbonyl (C=O) groups excluding carboxylic acids is 2. The van der Waals surface area contributed by atoms with Crippen molar-refractivity contribution in [2.24, 2.45) is 5.92 Å². The summed E-state index contributed by atoms with van der Waals surface area (Å²) in [6, 6.07) is 5.29. The Morgan fingerprint density at radius 2 is 2.04 bits per heavy atom. The van der Waals surface area contributed by atoms with Crippen LogP contribution in [0.2, 0.25) is 0 Å². The second-order valence-electron chi connectivity index (χ2n) is 5.97. The number of hydrogen-bond acceptors (Lipinski definition) is 3. The lowest BCUT2D eigenvalue weighted by molar-refractivity contribution is -0.139. The van der Waals surface area contributed by atoms with Crippen LogP contribution in [0.15, 0.2) is 24.3 Å². The summed E-state index contributed by atoms with van der Waals surface area (Å²) < 4.78 is 18.2. The monoisotopic (exact) mass is 322 g/mol. The number of ether oxygens (including phenoxy) is 1. The maximum atomic E-state index is 12.8. The maximum absolute atomic E-state index is 12.8. The van der Waals surface area contributed by atoms with Crippen molar-refractivity contribution in [2.45, 2.75) is 32.7 Å². The van der Waals surface area contributed by atoms with E-state index in [1.165, 1.54) is 24.3 Å². The molecule has 2 amide bonds. The second-order valence-corrected chi connectivity index (χ2v) is 5.97. The van der Waals surface area contributed by atoms with Gasteiger partial charge >= 0.3 is 0 Å². The summed E-state index contributed by atoms with van der Waals surface area (Å²) in [7, 11) is 0. The molecule has 126 valence electrons. The van der Waals surface area contributed by atoms with Gasteiger partial charge in [0.2, 0.25) is 11.8 Å². The highest BCUT2D eigenvalue weighted by atomic mass is 19.1. The molecule has 1 atom stereocenters. The molecule has 6 heteroatoms. The second kappa shape index (κ2) is 7.94. The predicted molar refractivity (Wildman–Crippen MR) is 84.5 cm³/mol. The van der Waals surface area contributed by atoms with Crippen LogP contribution in [0, 0.1) is 11.7 Å². The van der Waals surface area contributed by atoms with Crippen LogP contribution in [0.25, 0.3) is 0 Å². The van der Waals surface area contributed by atoms with E-state index in [1.54, 1.807) is 4.90 Å². The zero-order chi connectivity index (χ0) is 16.8. The number of halogens is 1. The first kappa shape index (κ1) is 17.2. The van der Waals surface area contributed by atoms with Crippen molar-refractivity contribution in [3.05, 3.63) is 30.1 Å². The Hall–Kier alpha value is -2.11. The van der Waals surface area contributed by atoms with Crippen molar-refractivity contribution in [2.75, 3.05) is 19.7 Å². The number of hydrogen-bond donors (Lipinski definition) is 1. The van der Waals surface area contributed by atoms with E-state index in [2.05, 4.69) is 5.32 Å². The minimum atomic E-state index is -0.434. The van der Waals surface area contributed by atoms with Crippen molar-refractivity contribution in [1.29, 1.82) is 0 Å². The first-order chi connectivity index (χ1) is 11.0.